The van der Waals surface area contributed by atoms with Gasteiger partial charge in [-0.3, -0.25) is 0 Å². The number of aliphatic imine (C=N–C) groups is 1. The molecular weight excluding hydrogens is 407 g/mol. The maximum Gasteiger partial charge on any atom is 0.238 e. The summed E-state index contributed by atoms with van der Waals surface area (Å²) < 4.78 is 27.4. The summed E-state index contributed by atoms with van der Waals surface area (Å²) in [5.41, 5.74) is 6.43. The number of hydrogen-bond donors (Lipinski definition) is 3. The Labute approximate surface area is 142 Å². The molecule has 0 heterocycles. The summed E-state index contributed by atoms with van der Waals surface area (Å²) in [6, 6.07) is 6.32. The molecular formula is C12H21IN4O3S. The molecule has 5 N–H and O–H groups in total. The van der Waals surface area contributed by atoms with Crippen LogP contribution in [-0.2, 0) is 21.3 Å². The molecule has 0 aromatic heterocycles. The summed E-state index contributed by atoms with van der Waals surface area (Å²) in [6.07, 6.45) is 0. The number of rotatable bonds is 6. The van der Waals surface area contributed by atoms with Gasteiger partial charge in [0.25, 0.3) is 0 Å². The Morgan fingerprint density at radius 2 is 2.14 bits per heavy atom. The van der Waals surface area contributed by atoms with Crippen LogP contribution in [-0.4, -0.2) is 34.1 Å². The number of benzene rings is 1. The lowest BCUT2D eigenvalue weighted by atomic mass is 10.2. The smallest absolute Gasteiger partial charge is 0.238 e. The van der Waals surface area contributed by atoms with Crippen LogP contribution in [0, 0.1) is 0 Å². The predicted octanol–water partition coefficient (Wildman–Crippen LogP) is 0.391. The van der Waals surface area contributed by atoms with E-state index < -0.39 is 10.0 Å². The molecule has 0 saturated carbocycles. The van der Waals surface area contributed by atoms with Gasteiger partial charge in [0.1, 0.15) is 0 Å². The van der Waals surface area contributed by atoms with Gasteiger partial charge in [-0.25, -0.2) is 18.5 Å². The molecule has 0 aliphatic rings. The largest absolute Gasteiger partial charge is 0.383 e. The third-order valence-corrected chi connectivity index (χ3v) is 3.38. The number of ether oxygens (including phenoxy) is 1. The van der Waals surface area contributed by atoms with Crippen LogP contribution in [0.1, 0.15) is 12.5 Å². The monoisotopic (exact) mass is 428 g/mol. The average molecular weight is 428 g/mol. The van der Waals surface area contributed by atoms with Crippen molar-refractivity contribution in [1.29, 1.82) is 0 Å². The first-order chi connectivity index (χ1) is 9.32. The van der Waals surface area contributed by atoms with Crippen LogP contribution in [0.2, 0.25) is 0 Å². The van der Waals surface area contributed by atoms with Crippen LogP contribution in [0.4, 0.5) is 0 Å². The highest BCUT2D eigenvalue weighted by atomic mass is 127. The van der Waals surface area contributed by atoms with Crippen LogP contribution in [0.3, 0.4) is 0 Å². The number of nitrogens with one attached hydrogen (secondary N) is 1. The van der Waals surface area contributed by atoms with Crippen LogP contribution >= 0.6 is 24.0 Å². The topological polar surface area (TPSA) is 120 Å². The fraction of sp³-hybridized carbons (Fsp3) is 0.417. The summed E-state index contributed by atoms with van der Waals surface area (Å²) in [4.78, 5) is 4.19. The molecule has 1 unspecified atom stereocenters. The van der Waals surface area contributed by atoms with Crippen molar-refractivity contribution in [1.82, 2.24) is 5.32 Å². The molecule has 0 radical (unpaired) electrons. The quantitative estimate of drug-likeness (QED) is 0.344. The lowest BCUT2D eigenvalue weighted by Gasteiger charge is -2.13. The molecule has 21 heavy (non-hydrogen) atoms. The summed E-state index contributed by atoms with van der Waals surface area (Å²) in [6.45, 7) is 2.69. The Balaban J connectivity index is 0.00000400. The van der Waals surface area contributed by atoms with Crippen molar-refractivity contribution >= 4 is 40.0 Å². The molecule has 0 aliphatic heterocycles. The molecule has 7 nitrogen and oxygen atoms in total. The number of methoxy groups -OCH3 is 1. The Morgan fingerprint density at radius 3 is 2.71 bits per heavy atom. The molecule has 0 bridgehead atoms. The zero-order valence-corrected chi connectivity index (χ0v) is 15.1. The second kappa shape index (κ2) is 9.18. The van der Waals surface area contributed by atoms with E-state index in [1.54, 1.807) is 19.2 Å². The minimum absolute atomic E-state index is 0. The number of primary sulfonamides is 1. The first-order valence-corrected chi connectivity index (χ1v) is 7.54. The van der Waals surface area contributed by atoms with Crippen molar-refractivity contribution in [3.8, 4) is 0 Å². The molecule has 9 heteroatoms. The van der Waals surface area contributed by atoms with Gasteiger partial charge >= 0.3 is 0 Å². The third kappa shape index (κ3) is 7.60. The summed E-state index contributed by atoms with van der Waals surface area (Å²) in [7, 11) is -2.10. The lowest BCUT2D eigenvalue weighted by molar-refractivity contribution is 0.179. The minimum Gasteiger partial charge on any atom is -0.383 e. The van der Waals surface area contributed by atoms with Gasteiger partial charge in [-0.05, 0) is 24.6 Å². The maximum atomic E-state index is 11.2. The molecule has 1 aromatic rings. The van der Waals surface area contributed by atoms with E-state index in [-0.39, 0.29) is 47.4 Å². The number of nitrogens with two attached hydrogens (primary N) is 2. The summed E-state index contributed by atoms with van der Waals surface area (Å²) in [5, 5.41) is 8.02. The molecule has 1 rings (SSSR count). The summed E-state index contributed by atoms with van der Waals surface area (Å²) >= 11 is 0. The normalized spacial score (nSPS) is 13.4. The zero-order chi connectivity index (χ0) is 15.2. The van der Waals surface area contributed by atoms with Gasteiger partial charge in [-0.2, -0.15) is 0 Å². The predicted molar refractivity (Wildman–Crippen MR) is 93.0 cm³/mol. The Morgan fingerprint density at radius 1 is 1.48 bits per heavy atom. The second-order valence-corrected chi connectivity index (χ2v) is 5.96. The van der Waals surface area contributed by atoms with E-state index in [2.05, 4.69) is 10.3 Å². The SMILES string of the molecule is COCC(C)NC(N)=NCc1cccc(S(N)(=O)=O)c1.I. The van der Waals surface area contributed by atoms with Gasteiger partial charge in [0.05, 0.1) is 18.0 Å². The fourth-order valence-electron chi connectivity index (χ4n) is 1.59. The van der Waals surface area contributed by atoms with Crippen LogP contribution < -0.4 is 16.2 Å². The van der Waals surface area contributed by atoms with Gasteiger partial charge in [-0.1, -0.05) is 12.1 Å². The van der Waals surface area contributed by atoms with E-state index in [1.807, 2.05) is 6.92 Å². The molecule has 0 fully saturated rings. The number of hydrogen-bond acceptors (Lipinski definition) is 4. The van der Waals surface area contributed by atoms with E-state index in [4.69, 9.17) is 15.6 Å². The molecule has 0 amide bonds. The molecule has 0 spiro atoms. The van der Waals surface area contributed by atoms with Crippen molar-refractivity contribution in [2.75, 3.05) is 13.7 Å². The number of sulfonamides is 1. The molecule has 1 atom stereocenters. The molecule has 1 aromatic carbocycles. The third-order valence-electron chi connectivity index (χ3n) is 2.47. The number of nitrogens with zero attached hydrogens (tertiary/aromatic N) is 1. The van der Waals surface area contributed by atoms with E-state index >= 15 is 0 Å². The highest BCUT2D eigenvalue weighted by Gasteiger charge is 2.07. The van der Waals surface area contributed by atoms with Crippen LogP contribution in [0.5, 0.6) is 0 Å². The first kappa shape index (κ1) is 20.1. The zero-order valence-electron chi connectivity index (χ0n) is 11.9. The van der Waals surface area contributed by atoms with Gasteiger partial charge in [0, 0.05) is 13.2 Å². The standard InChI is InChI=1S/C12H20N4O3S.HI/c1-9(8-19-2)16-12(13)15-7-10-4-3-5-11(6-10)20(14,17)18;/h3-6,9H,7-8H2,1-2H3,(H3,13,15,16)(H2,14,17,18);1H. The van der Waals surface area contributed by atoms with Crippen molar-refractivity contribution in [2.45, 2.75) is 24.4 Å². The highest BCUT2D eigenvalue weighted by molar-refractivity contribution is 14.0. The van der Waals surface area contributed by atoms with E-state index in [0.29, 0.717) is 12.2 Å². The van der Waals surface area contributed by atoms with Gasteiger partial charge in [0.2, 0.25) is 10.0 Å². The van der Waals surface area contributed by atoms with E-state index in [1.165, 1.54) is 12.1 Å². The van der Waals surface area contributed by atoms with E-state index in [0.717, 1.165) is 0 Å². The Bertz CT molecular complexity index is 578. The van der Waals surface area contributed by atoms with Gasteiger partial charge in [0.15, 0.2) is 5.96 Å². The Hall–Kier alpha value is -0.910. The maximum absolute atomic E-state index is 11.2. The van der Waals surface area contributed by atoms with Gasteiger partial charge in [-0.15, -0.1) is 24.0 Å². The molecule has 0 saturated heterocycles. The van der Waals surface area contributed by atoms with Crippen molar-refractivity contribution in [3.05, 3.63) is 29.8 Å². The molecule has 120 valence electrons. The lowest BCUT2D eigenvalue weighted by Crippen LogP contribution is -2.40. The summed E-state index contributed by atoms with van der Waals surface area (Å²) in [5.74, 6) is 0.274. The number of guanidine groups is 1. The number of halogens is 1. The van der Waals surface area contributed by atoms with Crippen molar-refractivity contribution in [2.24, 2.45) is 15.9 Å². The second-order valence-electron chi connectivity index (χ2n) is 4.39. The fourth-order valence-corrected chi connectivity index (χ4v) is 2.17. The first-order valence-electron chi connectivity index (χ1n) is 6.00. The van der Waals surface area contributed by atoms with Gasteiger partial charge < -0.3 is 15.8 Å². The minimum atomic E-state index is -3.70. The Kier molecular flexibility index (Phi) is 8.78. The molecule has 0 aliphatic carbocycles. The van der Waals surface area contributed by atoms with Crippen molar-refractivity contribution < 1.29 is 13.2 Å². The average Bonchev–Trinajstić information content (AvgIpc) is 2.36. The van der Waals surface area contributed by atoms with E-state index in [9.17, 15) is 8.42 Å². The highest BCUT2D eigenvalue weighted by Crippen LogP contribution is 2.10. The van der Waals surface area contributed by atoms with Crippen LogP contribution in [0.15, 0.2) is 34.2 Å². The van der Waals surface area contributed by atoms with Crippen molar-refractivity contribution in [3.63, 3.8) is 0 Å². The van der Waals surface area contributed by atoms with Crippen LogP contribution in [0.25, 0.3) is 0 Å².